The fraction of sp³-hybridized carbons (Fsp3) is 1.00. The molecule has 0 heterocycles. The standard InChI is InChI=1S/C11H21N.ClH/c12-10-5-4-8-11(9-10)6-2-1-3-7-11;/h10H,1-9,12H2;1H. The van der Waals surface area contributed by atoms with Crippen molar-refractivity contribution in [2.24, 2.45) is 11.1 Å². The minimum absolute atomic E-state index is 0. The highest BCUT2D eigenvalue weighted by Crippen LogP contribution is 2.46. The molecule has 1 unspecified atom stereocenters. The maximum Gasteiger partial charge on any atom is 0.00441 e. The van der Waals surface area contributed by atoms with Gasteiger partial charge in [0.1, 0.15) is 0 Å². The molecule has 2 heteroatoms. The summed E-state index contributed by atoms with van der Waals surface area (Å²) in [4.78, 5) is 0. The minimum atomic E-state index is 0. The lowest BCUT2D eigenvalue weighted by Crippen LogP contribution is -2.37. The molecule has 0 aromatic heterocycles. The Hall–Kier alpha value is 0.250. The average Bonchev–Trinajstić information content (AvgIpc) is 2.05. The molecule has 0 aromatic rings. The monoisotopic (exact) mass is 203 g/mol. The second-order valence-electron chi connectivity index (χ2n) is 4.92. The van der Waals surface area contributed by atoms with Crippen LogP contribution in [-0.4, -0.2) is 6.04 Å². The topological polar surface area (TPSA) is 26.0 Å². The van der Waals surface area contributed by atoms with Crippen LogP contribution in [0.2, 0.25) is 0 Å². The molecule has 0 radical (unpaired) electrons. The quantitative estimate of drug-likeness (QED) is 0.643. The van der Waals surface area contributed by atoms with Crippen LogP contribution in [0, 0.1) is 5.41 Å². The maximum absolute atomic E-state index is 6.04. The number of hydrogen-bond acceptors (Lipinski definition) is 1. The summed E-state index contributed by atoms with van der Waals surface area (Å²) < 4.78 is 0. The van der Waals surface area contributed by atoms with Gasteiger partial charge in [0.05, 0.1) is 0 Å². The summed E-state index contributed by atoms with van der Waals surface area (Å²) in [6.07, 6.45) is 12.8. The van der Waals surface area contributed by atoms with E-state index >= 15 is 0 Å². The molecule has 0 amide bonds. The van der Waals surface area contributed by atoms with Crippen molar-refractivity contribution < 1.29 is 0 Å². The number of nitrogens with two attached hydrogens (primary N) is 1. The van der Waals surface area contributed by atoms with Crippen LogP contribution in [-0.2, 0) is 0 Å². The lowest BCUT2D eigenvalue weighted by molar-refractivity contribution is 0.112. The van der Waals surface area contributed by atoms with Gasteiger partial charge in [-0.25, -0.2) is 0 Å². The first-order valence-electron chi connectivity index (χ1n) is 5.56. The molecule has 2 saturated carbocycles. The lowest BCUT2D eigenvalue weighted by atomic mass is 9.64. The van der Waals surface area contributed by atoms with Crippen molar-refractivity contribution in [1.29, 1.82) is 0 Å². The van der Waals surface area contributed by atoms with Gasteiger partial charge in [0.2, 0.25) is 0 Å². The van der Waals surface area contributed by atoms with Crippen LogP contribution in [0.5, 0.6) is 0 Å². The SMILES string of the molecule is Cl.NC1CCCC2(CCCCC2)C1. The van der Waals surface area contributed by atoms with Crippen molar-refractivity contribution in [2.45, 2.75) is 63.8 Å². The Balaban J connectivity index is 0.000000845. The molecule has 78 valence electrons. The molecule has 0 aromatic carbocycles. The fourth-order valence-corrected chi connectivity index (χ4v) is 3.26. The highest BCUT2D eigenvalue weighted by molar-refractivity contribution is 5.85. The number of rotatable bonds is 0. The van der Waals surface area contributed by atoms with Gasteiger partial charge in [-0.3, -0.25) is 0 Å². The molecule has 1 atom stereocenters. The summed E-state index contributed by atoms with van der Waals surface area (Å²) in [7, 11) is 0. The second kappa shape index (κ2) is 4.65. The van der Waals surface area contributed by atoms with E-state index in [4.69, 9.17) is 5.73 Å². The van der Waals surface area contributed by atoms with E-state index in [1.54, 1.807) is 0 Å². The Morgan fingerprint density at radius 1 is 0.923 bits per heavy atom. The molecule has 2 N–H and O–H groups in total. The highest BCUT2D eigenvalue weighted by Gasteiger charge is 2.35. The summed E-state index contributed by atoms with van der Waals surface area (Å²) in [5.74, 6) is 0. The van der Waals surface area contributed by atoms with Crippen LogP contribution in [0.4, 0.5) is 0 Å². The first-order chi connectivity index (χ1) is 5.81. The summed E-state index contributed by atoms with van der Waals surface area (Å²) in [5, 5.41) is 0. The zero-order valence-electron chi connectivity index (χ0n) is 8.43. The Kier molecular flexibility index (Phi) is 4.06. The van der Waals surface area contributed by atoms with Gasteiger partial charge >= 0.3 is 0 Å². The lowest BCUT2D eigenvalue weighted by Gasteiger charge is -2.42. The normalized spacial score (nSPS) is 32.5. The van der Waals surface area contributed by atoms with E-state index in [9.17, 15) is 0 Å². The molecule has 2 aliphatic rings. The molecule has 2 rings (SSSR count). The Morgan fingerprint density at radius 3 is 2.15 bits per heavy atom. The van der Waals surface area contributed by atoms with Crippen molar-refractivity contribution >= 4 is 12.4 Å². The third kappa shape index (κ3) is 2.60. The third-order valence-corrected chi connectivity index (χ3v) is 3.89. The van der Waals surface area contributed by atoms with Gasteiger partial charge in [-0.05, 0) is 37.5 Å². The minimum Gasteiger partial charge on any atom is -0.328 e. The average molecular weight is 204 g/mol. The fourth-order valence-electron chi connectivity index (χ4n) is 3.26. The van der Waals surface area contributed by atoms with Crippen LogP contribution in [0.1, 0.15) is 57.8 Å². The van der Waals surface area contributed by atoms with E-state index in [0.29, 0.717) is 11.5 Å². The maximum atomic E-state index is 6.04. The summed E-state index contributed by atoms with van der Waals surface area (Å²) >= 11 is 0. The van der Waals surface area contributed by atoms with Crippen molar-refractivity contribution in [2.75, 3.05) is 0 Å². The molecule has 2 aliphatic carbocycles. The molecule has 1 spiro atoms. The predicted octanol–water partition coefficient (Wildman–Crippen LogP) is 3.26. The van der Waals surface area contributed by atoms with Crippen LogP contribution in [0.3, 0.4) is 0 Å². The van der Waals surface area contributed by atoms with Crippen molar-refractivity contribution in [3.63, 3.8) is 0 Å². The molecule has 0 aliphatic heterocycles. The van der Waals surface area contributed by atoms with E-state index in [-0.39, 0.29) is 12.4 Å². The highest BCUT2D eigenvalue weighted by atomic mass is 35.5. The number of hydrogen-bond donors (Lipinski definition) is 1. The smallest absolute Gasteiger partial charge is 0.00441 e. The Morgan fingerprint density at radius 2 is 1.54 bits per heavy atom. The van der Waals surface area contributed by atoms with E-state index in [1.165, 1.54) is 57.8 Å². The van der Waals surface area contributed by atoms with Crippen LogP contribution in [0.15, 0.2) is 0 Å². The number of halogens is 1. The van der Waals surface area contributed by atoms with Gasteiger partial charge in [0.25, 0.3) is 0 Å². The Bertz CT molecular complexity index is 147. The zero-order chi connectivity index (χ0) is 8.44. The Labute approximate surface area is 87.9 Å². The molecular formula is C11H22ClN. The first kappa shape index (κ1) is 11.3. The van der Waals surface area contributed by atoms with Gasteiger partial charge in [-0.15, -0.1) is 12.4 Å². The second-order valence-corrected chi connectivity index (χ2v) is 4.92. The predicted molar refractivity (Wildman–Crippen MR) is 59.2 cm³/mol. The van der Waals surface area contributed by atoms with E-state index in [0.717, 1.165) is 0 Å². The van der Waals surface area contributed by atoms with Crippen molar-refractivity contribution in [1.82, 2.24) is 0 Å². The van der Waals surface area contributed by atoms with Gasteiger partial charge in [-0.1, -0.05) is 25.7 Å². The zero-order valence-corrected chi connectivity index (χ0v) is 9.24. The van der Waals surface area contributed by atoms with Crippen molar-refractivity contribution in [3.8, 4) is 0 Å². The van der Waals surface area contributed by atoms with Gasteiger partial charge in [-0.2, -0.15) is 0 Å². The van der Waals surface area contributed by atoms with Crippen molar-refractivity contribution in [3.05, 3.63) is 0 Å². The van der Waals surface area contributed by atoms with E-state index < -0.39 is 0 Å². The van der Waals surface area contributed by atoms with Gasteiger partial charge in [0, 0.05) is 6.04 Å². The van der Waals surface area contributed by atoms with Gasteiger partial charge in [0.15, 0.2) is 0 Å². The first-order valence-corrected chi connectivity index (χ1v) is 5.56. The van der Waals surface area contributed by atoms with Gasteiger partial charge < -0.3 is 5.73 Å². The summed E-state index contributed by atoms with van der Waals surface area (Å²) in [5.41, 5.74) is 6.74. The molecular weight excluding hydrogens is 182 g/mol. The third-order valence-electron chi connectivity index (χ3n) is 3.89. The van der Waals surface area contributed by atoms with E-state index in [1.807, 2.05) is 0 Å². The molecule has 1 nitrogen and oxygen atoms in total. The molecule has 0 bridgehead atoms. The van der Waals surface area contributed by atoms with Crippen LogP contribution >= 0.6 is 12.4 Å². The summed E-state index contributed by atoms with van der Waals surface area (Å²) in [6, 6.07) is 0.525. The van der Waals surface area contributed by atoms with Crippen LogP contribution < -0.4 is 5.73 Å². The van der Waals surface area contributed by atoms with E-state index in [2.05, 4.69) is 0 Å². The molecule has 13 heavy (non-hydrogen) atoms. The van der Waals surface area contributed by atoms with Crippen LogP contribution in [0.25, 0.3) is 0 Å². The summed E-state index contributed by atoms with van der Waals surface area (Å²) in [6.45, 7) is 0. The largest absolute Gasteiger partial charge is 0.328 e. The molecule has 2 fully saturated rings. The molecule has 0 saturated heterocycles.